The third kappa shape index (κ3) is 3.05. The molecular weight excluding hydrogens is 302 g/mol. The van der Waals surface area contributed by atoms with E-state index in [2.05, 4.69) is 47.2 Å². The van der Waals surface area contributed by atoms with E-state index in [0.29, 0.717) is 11.8 Å². The van der Waals surface area contributed by atoms with E-state index in [0.717, 1.165) is 15.9 Å². The predicted octanol–water partition coefficient (Wildman–Crippen LogP) is 4.92. The zero-order valence-corrected chi connectivity index (χ0v) is 12.0. The van der Waals surface area contributed by atoms with Gasteiger partial charge in [0.15, 0.2) is 5.22 Å². The van der Waals surface area contributed by atoms with Crippen LogP contribution in [0.3, 0.4) is 0 Å². The molecule has 0 aliphatic carbocycles. The molecule has 0 amide bonds. The number of rotatable bonds is 3. The first kappa shape index (κ1) is 12.5. The topological polar surface area (TPSA) is 25.2 Å². The Bertz CT molecular complexity index is 513. The van der Waals surface area contributed by atoms with Gasteiger partial charge in [0.1, 0.15) is 5.76 Å². The third-order valence-electron chi connectivity index (χ3n) is 2.57. The van der Waals surface area contributed by atoms with Gasteiger partial charge in [-0.3, -0.25) is 0 Å². The van der Waals surface area contributed by atoms with Crippen LogP contribution in [0, 0.1) is 13.8 Å². The molecule has 0 aliphatic heterocycles. The summed E-state index contributed by atoms with van der Waals surface area (Å²) in [6.07, 6.45) is 0. The summed E-state index contributed by atoms with van der Waals surface area (Å²) in [5, 5.41) is 3.79. The van der Waals surface area contributed by atoms with Gasteiger partial charge in [0.25, 0.3) is 0 Å². The molecule has 90 valence electrons. The van der Waals surface area contributed by atoms with Crippen molar-refractivity contribution in [1.29, 1.82) is 0 Å². The van der Waals surface area contributed by atoms with Crippen LogP contribution >= 0.6 is 27.5 Å². The lowest BCUT2D eigenvalue weighted by Gasteiger charge is -2.12. The highest BCUT2D eigenvalue weighted by molar-refractivity contribution is 9.10. The number of furan rings is 1. The predicted molar refractivity (Wildman–Crippen MR) is 74.7 cm³/mol. The van der Waals surface area contributed by atoms with E-state index < -0.39 is 0 Å². The maximum Gasteiger partial charge on any atom is 0.193 e. The van der Waals surface area contributed by atoms with Gasteiger partial charge in [0, 0.05) is 10.2 Å². The lowest BCUT2D eigenvalue weighted by Crippen LogP contribution is -2.02. The Labute approximate surface area is 114 Å². The SMILES string of the molecule is Cc1cc(Br)cc(C)c1NCc1ccc(Cl)o1. The molecule has 2 nitrogen and oxygen atoms in total. The van der Waals surface area contributed by atoms with E-state index in [9.17, 15) is 0 Å². The monoisotopic (exact) mass is 313 g/mol. The molecule has 0 atom stereocenters. The van der Waals surface area contributed by atoms with E-state index >= 15 is 0 Å². The number of nitrogens with one attached hydrogen (secondary N) is 1. The second-order valence-electron chi connectivity index (χ2n) is 3.97. The van der Waals surface area contributed by atoms with E-state index in [4.69, 9.17) is 16.0 Å². The second kappa shape index (κ2) is 5.15. The minimum Gasteiger partial charge on any atom is -0.448 e. The van der Waals surface area contributed by atoms with Crippen LogP contribution in [-0.4, -0.2) is 0 Å². The van der Waals surface area contributed by atoms with Crippen LogP contribution in [0.15, 0.2) is 33.2 Å². The Kier molecular flexibility index (Phi) is 3.79. The van der Waals surface area contributed by atoms with Gasteiger partial charge >= 0.3 is 0 Å². The smallest absolute Gasteiger partial charge is 0.193 e. The minimum absolute atomic E-state index is 0.422. The summed E-state index contributed by atoms with van der Waals surface area (Å²) in [7, 11) is 0. The molecule has 0 fully saturated rings. The second-order valence-corrected chi connectivity index (χ2v) is 5.26. The van der Waals surface area contributed by atoms with Crippen LogP contribution in [-0.2, 0) is 6.54 Å². The standard InChI is InChI=1S/C13H13BrClNO/c1-8-5-10(14)6-9(2)13(8)16-7-11-3-4-12(15)17-11/h3-6,16H,7H2,1-2H3. The van der Waals surface area contributed by atoms with Crippen LogP contribution in [0.4, 0.5) is 5.69 Å². The van der Waals surface area contributed by atoms with Crippen LogP contribution < -0.4 is 5.32 Å². The van der Waals surface area contributed by atoms with Gasteiger partial charge in [0.05, 0.1) is 6.54 Å². The van der Waals surface area contributed by atoms with Crippen molar-refractivity contribution >= 4 is 33.2 Å². The van der Waals surface area contributed by atoms with Crippen LogP contribution in [0.25, 0.3) is 0 Å². The first-order valence-electron chi connectivity index (χ1n) is 5.31. The van der Waals surface area contributed by atoms with E-state index in [1.165, 1.54) is 11.1 Å². The first-order chi connectivity index (χ1) is 8.06. The number of hydrogen-bond acceptors (Lipinski definition) is 2. The first-order valence-corrected chi connectivity index (χ1v) is 6.48. The molecule has 0 spiro atoms. The minimum atomic E-state index is 0.422. The normalized spacial score (nSPS) is 10.6. The lowest BCUT2D eigenvalue weighted by atomic mass is 10.1. The van der Waals surface area contributed by atoms with Crippen molar-refractivity contribution in [3.63, 3.8) is 0 Å². The molecule has 4 heteroatoms. The molecule has 2 aromatic rings. The van der Waals surface area contributed by atoms with Crippen LogP contribution in [0.2, 0.25) is 5.22 Å². The highest BCUT2D eigenvalue weighted by Crippen LogP contribution is 2.26. The molecular formula is C13H13BrClNO. The number of halogens is 2. The Morgan fingerprint density at radius 1 is 1.24 bits per heavy atom. The zero-order chi connectivity index (χ0) is 12.4. The van der Waals surface area contributed by atoms with E-state index in [1.54, 1.807) is 6.07 Å². The quantitative estimate of drug-likeness (QED) is 0.869. The zero-order valence-electron chi connectivity index (χ0n) is 9.68. The number of hydrogen-bond donors (Lipinski definition) is 1. The van der Waals surface area contributed by atoms with Crippen molar-refractivity contribution in [2.75, 3.05) is 5.32 Å². The van der Waals surface area contributed by atoms with E-state index in [-0.39, 0.29) is 0 Å². The van der Waals surface area contributed by atoms with Crippen molar-refractivity contribution in [1.82, 2.24) is 0 Å². The van der Waals surface area contributed by atoms with Crippen molar-refractivity contribution in [3.05, 3.63) is 50.8 Å². The van der Waals surface area contributed by atoms with E-state index in [1.807, 2.05) is 6.07 Å². The van der Waals surface area contributed by atoms with Gasteiger partial charge < -0.3 is 9.73 Å². The number of anilines is 1. The van der Waals surface area contributed by atoms with Crippen molar-refractivity contribution < 1.29 is 4.42 Å². The van der Waals surface area contributed by atoms with Crippen LogP contribution in [0.5, 0.6) is 0 Å². The summed E-state index contributed by atoms with van der Waals surface area (Å²) in [4.78, 5) is 0. The molecule has 1 aromatic carbocycles. The summed E-state index contributed by atoms with van der Waals surface area (Å²) in [5.41, 5.74) is 3.55. The average Bonchev–Trinajstić information content (AvgIpc) is 2.62. The highest BCUT2D eigenvalue weighted by Gasteiger charge is 2.05. The average molecular weight is 315 g/mol. The molecule has 1 N–H and O–H groups in total. The number of aryl methyl sites for hydroxylation is 2. The summed E-state index contributed by atoms with van der Waals surface area (Å²) in [5.74, 6) is 0.830. The molecule has 0 aliphatic rings. The summed E-state index contributed by atoms with van der Waals surface area (Å²) in [6.45, 7) is 4.79. The Hall–Kier alpha value is -0.930. The third-order valence-corrected chi connectivity index (χ3v) is 3.23. The molecule has 1 aromatic heterocycles. The molecule has 0 saturated carbocycles. The summed E-state index contributed by atoms with van der Waals surface area (Å²) in [6, 6.07) is 7.80. The molecule has 1 heterocycles. The van der Waals surface area contributed by atoms with Gasteiger partial charge in [-0.15, -0.1) is 0 Å². The van der Waals surface area contributed by atoms with Gasteiger partial charge in [0.2, 0.25) is 0 Å². The molecule has 0 bridgehead atoms. The maximum atomic E-state index is 5.72. The summed E-state index contributed by atoms with van der Waals surface area (Å²) < 4.78 is 6.40. The molecule has 0 radical (unpaired) electrons. The fraction of sp³-hybridized carbons (Fsp3) is 0.231. The van der Waals surface area contributed by atoms with Crippen molar-refractivity contribution in [2.45, 2.75) is 20.4 Å². The molecule has 2 rings (SSSR count). The van der Waals surface area contributed by atoms with Gasteiger partial charge in [-0.2, -0.15) is 0 Å². The Morgan fingerprint density at radius 2 is 1.88 bits per heavy atom. The fourth-order valence-electron chi connectivity index (χ4n) is 1.81. The fourth-order valence-corrected chi connectivity index (χ4v) is 2.66. The Balaban J connectivity index is 2.14. The highest BCUT2D eigenvalue weighted by atomic mass is 79.9. The molecule has 17 heavy (non-hydrogen) atoms. The molecule has 0 unspecified atom stereocenters. The largest absolute Gasteiger partial charge is 0.448 e. The maximum absolute atomic E-state index is 5.72. The lowest BCUT2D eigenvalue weighted by molar-refractivity contribution is 0.520. The van der Waals surface area contributed by atoms with Crippen molar-refractivity contribution in [3.8, 4) is 0 Å². The molecule has 0 saturated heterocycles. The van der Waals surface area contributed by atoms with Crippen LogP contribution in [0.1, 0.15) is 16.9 Å². The van der Waals surface area contributed by atoms with Gasteiger partial charge in [-0.1, -0.05) is 15.9 Å². The van der Waals surface area contributed by atoms with Crippen molar-refractivity contribution in [2.24, 2.45) is 0 Å². The van der Waals surface area contributed by atoms with Gasteiger partial charge in [-0.05, 0) is 60.8 Å². The van der Waals surface area contributed by atoms with Gasteiger partial charge in [-0.25, -0.2) is 0 Å². The Morgan fingerprint density at radius 3 is 2.41 bits per heavy atom. The number of benzene rings is 1. The summed E-state index contributed by atoms with van der Waals surface area (Å²) >= 11 is 9.21.